The summed E-state index contributed by atoms with van der Waals surface area (Å²) >= 11 is 0. The molecule has 1 saturated heterocycles. The fraction of sp³-hybridized carbons (Fsp3) is 0.458. The average molecular weight is 397 g/mol. The molecule has 29 heavy (non-hydrogen) atoms. The van der Waals surface area contributed by atoms with Crippen LogP contribution in [0.25, 0.3) is 0 Å². The molecule has 2 aromatic rings. The minimum absolute atomic E-state index is 0.0569. The SMILES string of the molecule is C[C@H](NCc1cccc(NC(=O)[C@H]2CCCO2)c1)c1ccc(OC(C)(C)C)cc1. The Morgan fingerprint density at radius 2 is 1.97 bits per heavy atom. The summed E-state index contributed by atoms with van der Waals surface area (Å²) in [5.74, 6) is 0.821. The molecule has 0 radical (unpaired) electrons. The predicted octanol–water partition coefficient (Wildman–Crippen LogP) is 4.83. The van der Waals surface area contributed by atoms with Crippen LogP contribution in [0.2, 0.25) is 0 Å². The molecule has 2 atom stereocenters. The van der Waals surface area contributed by atoms with E-state index in [2.05, 4.69) is 35.8 Å². The standard InChI is InChI=1S/C24H32N2O3/c1-17(19-10-12-21(13-11-19)29-24(2,3)4)25-16-18-7-5-8-20(15-18)26-23(27)22-9-6-14-28-22/h5,7-8,10-13,15,17,22,25H,6,9,14,16H2,1-4H3,(H,26,27)/t17-,22+/m0/s1. The molecule has 5 nitrogen and oxygen atoms in total. The minimum atomic E-state index is -0.318. The third kappa shape index (κ3) is 6.58. The molecule has 1 amide bonds. The molecule has 1 fully saturated rings. The zero-order valence-electron chi connectivity index (χ0n) is 17.8. The van der Waals surface area contributed by atoms with E-state index in [1.54, 1.807) is 0 Å². The van der Waals surface area contributed by atoms with E-state index in [-0.39, 0.29) is 23.7 Å². The second kappa shape index (κ2) is 9.42. The summed E-state index contributed by atoms with van der Waals surface area (Å²) in [5.41, 5.74) is 2.93. The molecular weight excluding hydrogens is 364 g/mol. The molecular formula is C24H32N2O3. The highest BCUT2D eigenvalue weighted by Crippen LogP contribution is 2.22. The molecule has 156 valence electrons. The predicted molar refractivity (Wildman–Crippen MR) is 116 cm³/mol. The van der Waals surface area contributed by atoms with Crippen LogP contribution in [0.15, 0.2) is 48.5 Å². The van der Waals surface area contributed by atoms with Crippen molar-refractivity contribution in [3.63, 3.8) is 0 Å². The van der Waals surface area contributed by atoms with Gasteiger partial charge in [0.05, 0.1) is 0 Å². The van der Waals surface area contributed by atoms with Gasteiger partial charge in [0.25, 0.3) is 5.91 Å². The fourth-order valence-corrected chi connectivity index (χ4v) is 3.33. The number of hydrogen-bond acceptors (Lipinski definition) is 4. The summed E-state index contributed by atoms with van der Waals surface area (Å²) in [5, 5.41) is 6.50. The van der Waals surface area contributed by atoms with Crippen molar-refractivity contribution in [1.82, 2.24) is 5.32 Å². The van der Waals surface area contributed by atoms with Gasteiger partial charge >= 0.3 is 0 Å². The normalized spacial score (nSPS) is 17.7. The van der Waals surface area contributed by atoms with Crippen LogP contribution in [0.4, 0.5) is 5.69 Å². The first kappa shape index (κ1) is 21.3. The van der Waals surface area contributed by atoms with E-state index >= 15 is 0 Å². The maximum atomic E-state index is 12.2. The molecule has 0 saturated carbocycles. The lowest BCUT2D eigenvalue weighted by Gasteiger charge is -2.22. The van der Waals surface area contributed by atoms with Gasteiger partial charge in [-0.05, 0) is 75.9 Å². The highest BCUT2D eigenvalue weighted by atomic mass is 16.5. The summed E-state index contributed by atoms with van der Waals surface area (Å²) in [4.78, 5) is 12.2. The van der Waals surface area contributed by atoms with Crippen molar-refractivity contribution in [3.05, 3.63) is 59.7 Å². The maximum Gasteiger partial charge on any atom is 0.253 e. The van der Waals surface area contributed by atoms with Crippen molar-refractivity contribution in [1.29, 1.82) is 0 Å². The number of rotatable bonds is 7. The van der Waals surface area contributed by atoms with Crippen LogP contribution in [0.1, 0.15) is 57.7 Å². The quantitative estimate of drug-likeness (QED) is 0.704. The monoisotopic (exact) mass is 396 g/mol. The van der Waals surface area contributed by atoms with E-state index in [9.17, 15) is 4.79 Å². The average Bonchev–Trinajstić information content (AvgIpc) is 3.21. The molecule has 0 aliphatic carbocycles. The maximum absolute atomic E-state index is 12.2. The molecule has 0 aromatic heterocycles. The molecule has 5 heteroatoms. The number of benzene rings is 2. The summed E-state index contributed by atoms with van der Waals surface area (Å²) < 4.78 is 11.3. The Morgan fingerprint density at radius 1 is 1.21 bits per heavy atom. The molecule has 0 spiro atoms. The van der Waals surface area contributed by atoms with Gasteiger partial charge < -0.3 is 20.1 Å². The van der Waals surface area contributed by atoms with E-state index in [1.165, 1.54) is 5.56 Å². The summed E-state index contributed by atoms with van der Waals surface area (Å²) in [6.07, 6.45) is 1.43. The Hall–Kier alpha value is -2.37. The van der Waals surface area contributed by atoms with Crippen molar-refractivity contribution >= 4 is 11.6 Å². The number of anilines is 1. The highest BCUT2D eigenvalue weighted by Gasteiger charge is 2.23. The Morgan fingerprint density at radius 3 is 2.62 bits per heavy atom. The van der Waals surface area contributed by atoms with E-state index in [4.69, 9.17) is 9.47 Å². The third-order valence-electron chi connectivity index (χ3n) is 4.83. The van der Waals surface area contributed by atoms with Crippen molar-refractivity contribution < 1.29 is 14.3 Å². The van der Waals surface area contributed by atoms with E-state index in [0.717, 1.165) is 29.8 Å². The Balaban J connectivity index is 1.53. The van der Waals surface area contributed by atoms with Crippen LogP contribution in [-0.2, 0) is 16.1 Å². The molecule has 2 N–H and O–H groups in total. The van der Waals surface area contributed by atoms with Gasteiger partial charge in [0, 0.05) is 24.9 Å². The number of hydrogen-bond donors (Lipinski definition) is 2. The second-order valence-corrected chi connectivity index (χ2v) is 8.58. The molecule has 0 unspecified atom stereocenters. The van der Waals surface area contributed by atoms with E-state index in [0.29, 0.717) is 13.2 Å². The lowest BCUT2D eigenvalue weighted by molar-refractivity contribution is -0.124. The lowest BCUT2D eigenvalue weighted by Crippen LogP contribution is -2.27. The van der Waals surface area contributed by atoms with Gasteiger partial charge in [0.2, 0.25) is 0 Å². The highest BCUT2D eigenvalue weighted by molar-refractivity contribution is 5.94. The van der Waals surface area contributed by atoms with E-state index < -0.39 is 0 Å². The molecule has 1 aliphatic heterocycles. The van der Waals surface area contributed by atoms with Crippen LogP contribution in [0.5, 0.6) is 5.75 Å². The smallest absolute Gasteiger partial charge is 0.253 e. The fourth-order valence-electron chi connectivity index (χ4n) is 3.33. The van der Waals surface area contributed by atoms with Gasteiger partial charge in [-0.3, -0.25) is 4.79 Å². The third-order valence-corrected chi connectivity index (χ3v) is 4.83. The van der Waals surface area contributed by atoms with Crippen LogP contribution >= 0.6 is 0 Å². The van der Waals surface area contributed by atoms with Gasteiger partial charge in [-0.1, -0.05) is 24.3 Å². The van der Waals surface area contributed by atoms with Crippen LogP contribution in [0, 0.1) is 0 Å². The van der Waals surface area contributed by atoms with Gasteiger partial charge in [-0.15, -0.1) is 0 Å². The van der Waals surface area contributed by atoms with Gasteiger partial charge in [-0.2, -0.15) is 0 Å². The second-order valence-electron chi connectivity index (χ2n) is 8.58. The summed E-state index contributed by atoms with van der Waals surface area (Å²) in [7, 11) is 0. The van der Waals surface area contributed by atoms with Gasteiger partial charge in [0.15, 0.2) is 0 Å². The largest absolute Gasteiger partial charge is 0.488 e. The zero-order chi connectivity index (χ0) is 20.9. The first-order valence-corrected chi connectivity index (χ1v) is 10.3. The molecule has 2 aromatic carbocycles. The van der Waals surface area contributed by atoms with Crippen molar-refractivity contribution in [3.8, 4) is 5.75 Å². The van der Waals surface area contributed by atoms with Gasteiger partial charge in [0.1, 0.15) is 17.5 Å². The number of carbonyl (C=O) groups is 1. The topological polar surface area (TPSA) is 59.6 Å². The molecule has 1 heterocycles. The van der Waals surface area contributed by atoms with Crippen molar-refractivity contribution in [2.24, 2.45) is 0 Å². The molecule has 1 aliphatic rings. The number of ether oxygens (including phenoxy) is 2. The first-order valence-electron chi connectivity index (χ1n) is 10.3. The summed E-state index contributed by atoms with van der Waals surface area (Å²) in [6.45, 7) is 9.66. The lowest BCUT2D eigenvalue weighted by atomic mass is 10.1. The zero-order valence-corrected chi connectivity index (χ0v) is 17.8. The van der Waals surface area contributed by atoms with Crippen LogP contribution in [0.3, 0.4) is 0 Å². The Bertz CT molecular complexity index is 806. The van der Waals surface area contributed by atoms with Crippen LogP contribution in [-0.4, -0.2) is 24.2 Å². The Labute approximate surface area is 173 Å². The molecule has 3 rings (SSSR count). The van der Waals surface area contributed by atoms with Crippen molar-refractivity contribution in [2.75, 3.05) is 11.9 Å². The number of nitrogens with one attached hydrogen (secondary N) is 2. The summed E-state index contributed by atoms with van der Waals surface area (Å²) in [6, 6.07) is 16.4. The van der Waals surface area contributed by atoms with Gasteiger partial charge in [-0.25, -0.2) is 0 Å². The first-order chi connectivity index (χ1) is 13.8. The number of amides is 1. The van der Waals surface area contributed by atoms with Crippen LogP contribution < -0.4 is 15.4 Å². The van der Waals surface area contributed by atoms with Crippen molar-refractivity contribution in [2.45, 2.75) is 64.8 Å². The Kier molecular flexibility index (Phi) is 6.93. The molecule has 0 bridgehead atoms. The van der Waals surface area contributed by atoms with E-state index in [1.807, 2.05) is 51.1 Å². The minimum Gasteiger partial charge on any atom is -0.488 e. The number of carbonyl (C=O) groups excluding carboxylic acids is 1.